The highest BCUT2D eigenvalue weighted by atomic mass is 16.4. The summed E-state index contributed by atoms with van der Waals surface area (Å²) in [6.45, 7) is 2.90. The zero-order valence-electron chi connectivity index (χ0n) is 14.6. The Morgan fingerprint density at radius 1 is 1.23 bits per heavy atom. The molecule has 0 unspecified atom stereocenters. The molecule has 3 rings (SSSR count). The van der Waals surface area contributed by atoms with Gasteiger partial charge in [-0.05, 0) is 31.9 Å². The first-order chi connectivity index (χ1) is 12.3. The van der Waals surface area contributed by atoms with Crippen molar-refractivity contribution in [3.8, 4) is 0 Å². The van der Waals surface area contributed by atoms with Crippen LogP contribution in [0.25, 0.3) is 0 Å². The number of rotatable bonds is 5. The number of anilines is 2. The van der Waals surface area contributed by atoms with Gasteiger partial charge in [0.25, 0.3) is 0 Å². The van der Waals surface area contributed by atoms with E-state index < -0.39 is 17.4 Å². The van der Waals surface area contributed by atoms with Gasteiger partial charge in [-0.2, -0.15) is 5.10 Å². The molecule has 0 saturated heterocycles. The number of nitrogens with zero attached hydrogens (tertiary/aromatic N) is 3. The van der Waals surface area contributed by atoms with Crippen LogP contribution in [0.5, 0.6) is 0 Å². The molecule has 1 aliphatic heterocycles. The number of carbonyl (C=O) groups is 3. The Balaban J connectivity index is 1.71. The van der Waals surface area contributed by atoms with Gasteiger partial charge in [0.2, 0.25) is 11.8 Å². The maximum atomic E-state index is 12.4. The minimum absolute atomic E-state index is 0.101. The minimum atomic E-state index is -1.23. The fraction of sp³-hybridized carbons (Fsp3) is 0.333. The molecule has 2 N–H and O–H groups in total. The van der Waals surface area contributed by atoms with Crippen molar-refractivity contribution in [3.63, 3.8) is 0 Å². The highest BCUT2D eigenvalue weighted by molar-refractivity contribution is 6.03. The second kappa shape index (κ2) is 6.62. The average molecular weight is 356 g/mol. The number of carboxylic acids is 1. The van der Waals surface area contributed by atoms with Crippen molar-refractivity contribution in [1.29, 1.82) is 0 Å². The Bertz CT molecular complexity index is 872. The summed E-state index contributed by atoms with van der Waals surface area (Å²) in [4.78, 5) is 37.3. The van der Waals surface area contributed by atoms with E-state index in [-0.39, 0.29) is 18.3 Å². The Labute approximate surface area is 150 Å². The zero-order valence-corrected chi connectivity index (χ0v) is 14.6. The quantitative estimate of drug-likeness (QED) is 0.847. The standard InChI is InChI=1S/C18H20N4O4/c1-18(2,17(25)26)22-10-9-14(20-22)19-15(23)11-21-13-6-4-3-5-12(13)7-8-16(21)24/h3-6,9-10H,7-8,11H2,1-2H3,(H,25,26)(H,19,20,23). The van der Waals surface area contributed by atoms with E-state index in [0.29, 0.717) is 12.8 Å². The van der Waals surface area contributed by atoms with E-state index >= 15 is 0 Å². The van der Waals surface area contributed by atoms with E-state index in [1.807, 2.05) is 24.3 Å². The fourth-order valence-electron chi connectivity index (χ4n) is 2.80. The SMILES string of the molecule is CC(C)(C(=O)O)n1ccc(NC(=O)CN2C(=O)CCc3ccccc32)n1. The number of fused-ring (bicyclic) bond motifs is 1. The van der Waals surface area contributed by atoms with E-state index in [1.54, 1.807) is 0 Å². The highest BCUT2D eigenvalue weighted by Crippen LogP contribution is 2.27. The first kappa shape index (κ1) is 17.7. The molecule has 1 aromatic carbocycles. The lowest BCUT2D eigenvalue weighted by atomic mass is 10.0. The van der Waals surface area contributed by atoms with Crippen molar-refractivity contribution in [1.82, 2.24) is 9.78 Å². The molecule has 2 heterocycles. The van der Waals surface area contributed by atoms with Crippen LogP contribution in [-0.4, -0.2) is 39.2 Å². The predicted molar refractivity (Wildman–Crippen MR) is 94.9 cm³/mol. The van der Waals surface area contributed by atoms with Crippen LogP contribution < -0.4 is 10.2 Å². The molecule has 0 spiro atoms. The molecule has 1 aromatic heterocycles. The van der Waals surface area contributed by atoms with Gasteiger partial charge in [0, 0.05) is 24.4 Å². The summed E-state index contributed by atoms with van der Waals surface area (Å²) in [5.41, 5.74) is 0.550. The summed E-state index contributed by atoms with van der Waals surface area (Å²) in [7, 11) is 0. The number of aryl methyl sites for hydroxylation is 1. The normalized spacial score (nSPS) is 14.1. The second-order valence-electron chi connectivity index (χ2n) is 6.67. The first-order valence-electron chi connectivity index (χ1n) is 8.26. The van der Waals surface area contributed by atoms with Gasteiger partial charge >= 0.3 is 5.97 Å². The number of carbonyl (C=O) groups excluding carboxylic acids is 2. The van der Waals surface area contributed by atoms with Crippen LogP contribution in [0.2, 0.25) is 0 Å². The molecular formula is C18H20N4O4. The van der Waals surface area contributed by atoms with Gasteiger partial charge in [-0.15, -0.1) is 0 Å². The molecule has 0 atom stereocenters. The molecule has 0 bridgehead atoms. The monoisotopic (exact) mass is 356 g/mol. The van der Waals surface area contributed by atoms with Crippen molar-refractivity contribution < 1.29 is 19.5 Å². The van der Waals surface area contributed by atoms with Gasteiger partial charge in [0.1, 0.15) is 6.54 Å². The molecule has 26 heavy (non-hydrogen) atoms. The predicted octanol–water partition coefficient (Wildman–Crippen LogP) is 1.62. The van der Waals surface area contributed by atoms with Crippen LogP contribution in [-0.2, 0) is 26.3 Å². The smallest absolute Gasteiger partial charge is 0.331 e. The molecular weight excluding hydrogens is 336 g/mol. The van der Waals surface area contributed by atoms with Crippen molar-refractivity contribution in [2.24, 2.45) is 0 Å². The van der Waals surface area contributed by atoms with Crippen LogP contribution in [0.3, 0.4) is 0 Å². The molecule has 8 heteroatoms. The molecule has 0 saturated carbocycles. The number of aromatic nitrogens is 2. The lowest BCUT2D eigenvalue weighted by Gasteiger charge is -2.28. The van der Waals surface area contributed by atoms with E-state index in [9.17, 15) is 19.5 Å². The molecule has 0 aliphatic carbocycles. The number of aliphatic carboxylic acids is 1. The van der Waals surface area contributed by atoms with E-state index in [2.05, 4.69) is 10.4 Å². The van der Waals surface area contributed by atoms with E-state index in [4.69, 9.17) is 0 Å². The molecule has 1 aliphatic rings. The van der Waals surface area contributed by atoms with Gasteiger partial charge in [-0.25, -0.2) is 4.79 Å². The molecule has 0 fully saturated rings. The van der Waals surface area contributed by atoms with Crippen LogP contribution in [0, 0.1) is 0 Å². The summed E-state index contributed by atoms with van der Waals surface area (Å²) >= 11 is 0. The summed E-state index contributed by atoms with van der Waals surface area (Å²) in [5.74, 6) is -1.29. The number of hydrogen-bond donors (Lipinski definition) is 2. The average Bonchev–Trinajstić information content (AvgIpc) is 3.06. The Kier molecular flexibility index (Phi) is 4.50. The number of nitrogens with one attached hydrogen (secondary N) is 1. The molecule has 2 aromatic rings. The third kappa shape index (κ3) is 3.30. The maximum absolute atomic E-state index is 12.4. The summed E-state index contributed by atoms with van der Waals surface area (Å²) < 4.78 is 1.27. The van der Waals surface area contributed by atoms with Gasteiger partial charge in [-0.3, -0.25) is 14.3 Å². The van der Waals surface area contributed by atoms with E-state index in [1.165, 1.54) is 35.7 Å². The summed E-state index contributed by atoms with van der Waals surface area (Å²) in [6.07, 6.45) is 2.53. The van der Waals surface area contributed by atoms with E-state index in [0.717, 1.165) is 11.3 Å². The zero-order chi connectivity index (χ0) is 18.9. The number of carboxylic acid groups (broad SMARTS) is 1. The Morgan fingerprint density at radius 3 is 2.69 bits per heavy atom. The van der Waals surface area contributed by atoms with Crippen LogP contribution >= 0.6 is 0 Å². The molecule has 8 nitrogen and oxygen atoms in total. The van der Waals surface area contributed by atoms with Crippen molar-refractivity contribution in [2.75, 3.05) is 16.8 Å². The highest BCUT2D eigenvalue weighted by Gasteiger charge is 2.30. The number of para-hydroxylation sites is 1. The summed E-state index contributed by atoms with van der Waals surface area (Å²) in [6, 6.07) is 9.03. The number of benzene rings is 1. The molecule has 0 radical (unpaired) electrons. The van der Waals surface area contributed by atoms with Gasteiger partial charge in [0.05, 0.1) is 0 Å². The van der Waals surface area contributed by atoms with Crippen LogP contribution in [0.15, 0.2) is 36.5 Å². The van der Waals surface area contributed by atoms with Crippen LogP contribution in [0.4, 0.5) is 11.5 Å². The molecule has 2 amide bonds. The van der Waals surface area contributed by atoms with Crippen LogP contribution in [0.1, 0.15) is 25.8 Å². The third-order valence-electron chi connectivity index (χ3n) is 4.45. The maximum Gasteiger partial charge on any atom is 0.331 e. The van der Waals surface area contributed by atoms with Gasteiger partial charge in [0.15, 0.2) is 11.4 Å². The Morgan fingerprint density at radius 2 is 1.96 bits per heavy atom. The largest absolute Gasteiger partial charge is 0.479 e. The molecule has 136 valence electrons. The van der Waals surface area contributed by atoms with Crippen molar-refractivity contribution in [3.05, 3.63) is 42.1 Å². The third-order valence-corrected chi connectivity index (χ3v) is 4.45. The number of amides is 2. The summed E-state index contributed by atoms with van der Waals surface area (Å²) in [5, 5.41) is 15.9. The minimum Gasteiger partial charge on any atom is -0.479 e. The number of hydrogen-bond acceptors (Lipinski definition) is 4. The topological polar surface area (TPSA) is 105 Å². The lowest BCUT2D eigenvalue weighted by Crippen LogP contribution is -2.41. The van der Waals surface area contributed by atoms with Crippen molar-refractivity contribution >= 4 is 29.3 Å². The Hall–Kier alpha value is -3.16. The first-order valence-corrected chi connectivity index (χ1v) is 8.26. The fourth-order valence-corrected chi connectivity index (χ4v) is 2.80. The second-order valence-corrected chi connectivity index (χ2v) is 6.67. The van der Waals surface area contributed by atoms with Gasteiger partial charge in [-0.1, -0.05) is 18.2 Å². The van der Waals surface area contributed by atoms with Gasteiger partial charge < -0.3 is 15.3 Å². The van der Waals surface area contributed by atoms with Crippen molar-refractivity contribution in [2.45, 2.75) is 32.2 Å². The lowest BCUT2D eigenvalue weighted by molar-refractivity contribution is -0.146.